The summed E-state index contributed by atoms with van der Waals surface area (Å²) in [5.74, 6) is 0.0677. The highest BCUT2D eigenvalue weighted by Gasteiger charge is 2.26. The minimum Gasteiger partial charge on any atom is -0.354 e. The third-order valence-corrected chi connectivity index (χ3v) is 5.54. The van der Waals surface area contributed by atoms with E-state index in [1.165, 1.54) is 6.07 Å². The number of benzene rings is 1. The zero-order valence-corrected chi connectivity index (χ0v) is 16.6. The van der Waals surface area contributed by atoms with Crippen LogP contribution in [0.1, 0.15) is 30.0 Å². The van der Waals surface area contributed by atoms with Crippen LogP contribution in [-0.4, -0.2) is 52.3 Å². The zero-order valence-electron chi connectivity index (χ0n) is 16.6. The summed E-state index contributed by atoms with van der Waals surface area (Å²) in [4.78, 5) is 19.0. The Balaban J connectivity index is 1.36. The van der Waals surface area contributed by atoms with Crippen LogP contribution < -0.4 is 5.32 Å². The van der Waals surface area contributed by atoms with Gasteiger partial charge in [0, 0.05) is 37.0 Å². The number of aryl methyl sites for hydroxylation is 1. The molecule has 1 aliphatic heterocycles. The second-order valence-corrected chi connectivity index (χ2v) is 7.67. The molecule has 3 heterocycles. The monoisotopic (exact) mass is 395 g/mol. The highest BCUT2D eigenvalue weighted by molar-refractivity contribution is 5.79. The zero-order chi connectivity index (χ0) is 20.2. The second-order valence-electron chi connectivity index (χ2n) is 7.67. The Morgan fingerprint density at radius 1 is 1.28 bits per heavy atom. The maximum absolute atomic E-state index is 13.7. The van der Waals surface area contributed by atoms with Crippen molar-refractivity contribution in [1.82, 2.24) is 25.0 Å². The molecule has 0 radical (unpaired) electrons. The number of nitrogens with one attached hydrogen (secondary N) is 1. The minimum absolute atomic E-state index is 0.0877. The van der Waals surface area contributed by atoms with Gasteiger partial charge >= 0.3 is 0 Å². The summed E-state index contributed by atoms with van der Waals surface area (Å²) >= 11 is 0. The van der Waals surface area contributed by atoms with E-state index < -0.39 is 0 Å². The summed E-state index contributed by atoms with van der Waals surface area (Å²) in [6.45, 7) is 3.11. The van der Waals surface area contributed by atoms with Gasteiger partial charge in [0.2, 0.25) is 5.91 Å². The van der Waals surface area contributed by atoms with E-state index >= 15 is 0 Å². The van der Waals surface area contributed by atoms with Crippen LogP contribution in [0.25, 0.3) is 11.0 Å². The Morgan fingerprint density at radius 3 is 2.93 bits per heavy atom. The van der Waals surface area contributed by atoms with Gasteiger partial charge in [0.1, 0.15) is 5.82 Å². The highest BCUT2D eigenvalue weighted by Crippen LogP contribution is 2.30. The molecule has 152 valence electrons. The topological polar surface area (TPSA) is 63.1 Å². The Labute approximate surface area is 169 Å². The number of likely N-dealkylation sites (tertiary alicyclic amines) is 1. The number of halogens is 1. The van der Waals surface area contributed by atoms with Crippen LogP contribution in [0.15, 0.2) is 42.6 Å². The first-order valence-electron chi connectivity index (χ1n) is 10.1. The van der Waals surface area contributed by atoms with Crippen molar-refractivity contribution in [2.24, 2.45) is 0 Å². The van der Waals surface area contributed by atoms with Crippen LogP contribution in [0.3, 0.4) is 0 Å². The molecule has 0 bridgehead atoms. The Hall–Kier alpha value is -2.80. The number of rotatable bonds is 7. The molecule has 1 N–H and O–H groups in total. The number of hydrogen-bond donors (Lipinski definition) is 1. The van der Waals surface area contributed by atoms with Gasteiger partial charge in [0.15, 0.2) is 5.65 Å². The molecule has 3 aromatic rings. The number of nitrogens with zero attached hydrogens (tertiary/aromatic N) is 4. The van der Waals surface area contributed by atoms with Crippen LogP contribution >= 0.6 is 0 Å². The van der Waals surface area contributed by atoms with Crippen molar-refractivity contribution in [3.05, 3.63) is 59.7 Å². The molecule has 1 amide bonds. The van der Waals surface area contributed by atoms with Gasteiger partial charge in [-0.25, -0.2) is 14.1 Å². The number of carbonyl (C=O) groups excluding carboxylic acids is 1. The summed E-state index contributed by atoms with van der Waals surface area (Å²) < 4.78 is 15.6. The maximum Gasteiger partial charge on any atom is 0.220 e. The number of hydrogen-bond acceptors (Lipinski definition) is 4. The van der Waals surface area contributed by atoms with Crippen molar-refractivity contribution in [2.75, 3.05) is 26.7 Å². The quantitative estimate of drug-likeness (QED) is 0.668. The molecule has 1 aromatic carbocycles. The maximum atomic E-state index is 13.7. The fourth-order valence-electron chi connectivity index (χ4n) is 3.99. The molecule has 1 atom stereocenters. The summed E-state index contributed by atoms with van der Waals surface area (Å²) in [5, 5.41) is 8.84. The van der Waals surface area contributed by atoms with Gasteiger partial charge in [-0.15, -0.1) is 0 Å². The Kier molecular flexibility index (Phi) is 5.85. The fraction of sp³-hybridized carbons (Fsp3) is 0.409. The lowest BCUT2D eigenvalue weighted by atomic mass is 10.0. The van der Waals surface area contributed by atoms with Gasteiger partial charge in [-0.3, -0.25) is 4.79 Å². The number of amides is 1. The van der Waals surface area contributed by atoms with Crippen LogP contribution in [0, 0.1) is 5.82 Å². The van der Waals surface area contributed by atoms with Crippen molar-refractivity contribution in [1.29, 1.82) is 0 Å². The van der Waals surface area contributed by atoms with Crippen molar-refractivity contribution in [3.63, 3.8) is 0 Å². The van der Waals surface area contributed by atoms with Crippen molar-refractivity contribution in [3.8, 4) is 0 Å². The minimum atomic E-state index is -0.264. The van der Waals surface area contributed by atoms with Crippen LogP contribution in [0.4, 0.5) is 4.39 Å². The van der Waals surface area contributed by atoms with Crippen LogP contribution in [0.2, 0.25) is 0 Å². The smallest absolute Gasteiger partial charge is 0.220 e. The number of pyridine rings is 1. The molecule has 2 aromatic heterocycles. The first kappa shape index (κ1) is 19.5. The van der Waals surface area contributed by atoms with Crippen LogP contribution in [-0.2, 0) is 17.8 Å². The molecule has 6 nitrogen and oxygen atoms in total. The van der Waals surface area contributed by atoms with Crippen molar-refractivity contribution < 1.29 is 9.18 Å². The summed E-state index contributed by atoms with van der Waals surface area (Å²) in [5.41, 5.74) is 2.53. The Morgan fingerprint density at radius 2 is 2.14 bits per heavy atom. The Bertz CT molecular complexity index is 1000. The molecular formula is C22H26FN5O. The lowest BCUT2D eigenvalue weighted by molar-refractivity contribution is -0.121. The van der Waals surface area contributed by atoms with Gasteiger partial charge in [0.25, 0.3) is 0 Å². The van der Waals surface area contributed by atoms with Gasteiger partial charge in [0.05, 0.1) is 12.2 Å². The van der Waals surface area contributed by atoms with Crippen LogP contribution in [0.5, 0.6) is 0 Å². The largest absolute Gasteiger partial charge is 0.354 e. The third-order valence-electron chi connectivity index (χ3n) is 5.54. The van der Waals surface area contributed by atoms with Gasteiger partial charge in [-0.2, -0.15) is 5.10 Å². The summed E-state index contributed by atoms with van der Waals surface area (Å²) in [6, 6.07) is 10.6. The van der Waals surface area contributed by atoms with E-state index in [0.29, 0.717) is 31.0 Å². The van der Waals surface area contributed by atoms with Crippen molar-refractivity contribution >= 4 is 16.9 Å². The average Bonchev–Trinajstić information content (AvgIpc) is 3.31. The average molecular weight is 395 g/mol. The molecule has 7 heteroatoms. The van der Waals surface area contributed by atoms with E-state index in [2.05, 4.69) is 28.3 Å². The third kappa shape index (κ3) is 4.45. The number of carbonyl (C=O) groups is 1. The lowest BCUT2D eigenvalue weighted by Gasteiger charge is -2.08. The molecule has 29 heavy (non-hydrogen) atoms. The van der Waals surface area contributed by atoms with Gasteiger partial charge < -0.3 is 10.2 Å². The van der Waals surface area contributed by atoms with E-state index in [1.54, 1.807) is 24.4 Å². The van der Waals surface area contributed by atoms with E-state index in [1.807, 2.05) is 10.7 Å². The van der Waals surface area contributed by atoms with Crippen molar-refractivity contribution in [2.45, 2.75) is 31.7 Å². The molecular weight excluding hydrogens is 369 g/mol. The second kappa shape index (κ2) is 8.69. The van der Waals surface area contributed by atoms with E-state index in [9.17, 15) is 9.18 Å². The SMILES string of the molecule is CN1CCC(c2nn(CCNC(=O)CCc3ccccc3F)c3ncccc23)C1. The standard InChI is InChI=1S/C22H26FN5O/c1-27-13-10-17(15-27)21-18-6-4-11-25-22(18)28(26-21)14-12-24-20(29)9-8-16-5-2-3-7-19(16)23/h2-7,11,17H,8-10,12-15H2,1H3,(H,24,29). The predicted molar refractivity (Wildman–Crippen MR) is 110 cm³/mol. The molecule has 1 saturated heterocycles. The predicted octanol–water partition coefficient (Wildman–Crippen LogP) is 2.74. The molecule has 1 unspecified atom stereocenters. The van der Waals surface area contributed by atoms with Gasteiger partial charge in [-0.1, -0.05) is 18.2 Å². The molecule has 4 rings (SSSR count). The number of fused-ring (bicyclic) bond motifs is 1. The lowest BCUT2D eigenvalue weighted by Crippen LogP contribution is -2.27. The normalized spacial score (nSPS) is 17.1. The first-order valence-corrected chi connectivity index (χ1v) is 10.1. The highest BCUT2D eigenvalue weighted by atomic mass is 19.1. The van der Waals surface area contributed by atoms with E-state index in [4.69, 9.17) is 5.10 Å². The molecule has 0 aliphatic carbocycles. The summed E-state index contributed by atoms with van der Waals surface area (Å²) in [6.07, 6.45) is 3.53. The van der Waals surface area contributed by atoms with E-state index in [0.717, 1.165) is 36.2 Å². The van der Waals surface area contributed by atoms with E-state index in [-0.39, 0.29) is 18.1 Å². The summed E-state index contributed by atoms with van der Waals surface area (Å²) in [7, 11) is 2.13. The van der Waals surface area contributed by atoms with Gasteiger partial charge in [-0.05, 0) is 50.2 Å². The number of likely N-dealkylation sites (N-methyl/N-ethyl adjacent to an activating group) is 1. The molecule has 0 saturated carbocycles. The first-order chi connectivity index (χ1) is 14.1. The molecule has 1 fully saturated rings. The molecule has 1 aliphatic rings. The fourth-order valence-corrected chi connectivity index (χ4v) is 3.99. The molecule has 0 spiro atoms. The number of aromatic nitrogens is 3.